The van der Waals surface area contributed by atoms with Gasteiger partial charge in [-0.05, 0) is 18.4 Å². The Bertz CT molecular complexity index is 265. The minimum Gasteiger partial charge on any atom is -0.381 e. The minimum atomic E-state index is -0.153. The van der Waals surface area contributed by atoms with Crippen LogP contribution in [-0.2, 0) is 10.3 Å². The molecule has 70 valence electrons. The van der Waals surface area contributed by atoms with E-state index in [1.807, 2.05) is 18.2 Å². The van der Waals surface area contributed by atoms with Crippen LogP contribution in [0.4, 0.5) is 0 Å². The quantitative estimate of drug-likeness (QED) is 0.708. The molecule has 1 heterocycles. The standard InChI is InChI=1S/C11H15NO/c12-11(6-8-13-9-7-11)10-4-2-1-3-5-10/h1-5H,6-9,12H2. The third-order valence-corrected chi connectivity index (χ3v) is 2.73. The van der Waals surface area contributed by atoms with Gasteiger partial charge in [-0.2, -0.15) is 0 Å². The molecule has 0 spiro atoms. The van der Waals surface area contributed by atoms with Crippen molar-refractivity contribution < 1.29 is 4.74 Å². The van der Waals surface area contributed by atoms with Crippen molar-refractivity contribution in [1.82, 2.24) is 0 Å². The first kappa shape index (κ1) is 8.73. The van der Waals surface area contributed by atoms with E-state index in [1.165, 1.54) is 5.56 Å². The van der Waals surface area contributed by atoms with E-state index in [-0.39, 0.29) is 5.54 Å². The van der Waals surface area contributed by atoms with Crippen LogP contribution in [-0.4, -0.2) is 13.2 Å². The predicted molar refractivity (Wildman–Crippen MR) is 52.4 cm³/mol. The molecule has 13 heavy (non-hydrogen) atoms. The van der Waals surface area contributed by atoms with Gasteiger partial charge in [-0.3, -0.25) is 0 Å². The Morgan fingerprint density at radius 1 is 1.08 bits per heavy atom. The van der Waals surface area contributed by atoms with Crippen molar-refractivity contribution in [1.29, 1.82) is 0 Å². The fraction of sp³-hybridized carbons (Fsp3) is 0.455. The van der Waals surface area contributed by atoms with E-state index < -0.39 is 0 Å². The number of hydrogen-bond acceptors (Lipinski definition) is 2. The summed E-state index contributed by atoms with van der Waals surface area (Å²) in [5, 5.41) is 0. The maximum atomic E-state index is 6.30. The summed E-state index contributed by atoms with van der Waals surface area (Å²) in [6.45, 7) is 1.57. The summed E-state index contributed by atoms with van der Waals surface area (Å²) in [5.41, 5.74) is 7.38. The Morgan fingerprint density at radius 3 is 2.31 bits per heavy atom. The first-order valence-electron chi connectivity index (χ1n) is 4.73. The highest BCUT2D eigenvalue weighted by Crippen LogP contribution is 2.28. The van der Waals surface area contributed by atoms with Crippen molar-refractivity contribution >= 4 is 0 Å². The van der Waals surface area contributed by atoms with Crippen molar-refractivity contribution in [3.05, 3.63) is 35.9 Å². The van der Waals surface area contributed by atoms with Crippen LogP contribution in [0.1, 0.15) is 18.4 Å². The fourth-order valence-corrected chi connectivity index (χ4v) is 1.79. The SMILES string of the molecule is NC1(c2ccccc2)CCOCC1. The topological polar surface area (TPSA) is 35.2 Å². The van der Waals surface area contributed by atoms with Gasteiger partial charge in [-0.1, -0.05) is 30.3 Å². The van der Waals surface area contributed by atoms with Crippen molar-refractivity contribution in [2.75, 3.05) is 13.2 Å². The summed E-state index contributed by atoms with van der Waals surface area (Å²) < 4.78 is 5.31. The zero-order chi connectivity index (χ0) is 9.15. The molecule has 0 saturated carbocycles. The molecule has 0 radical (unpaired) electrons. The average molecular weight is 177 g/mol. The van der Waals surface area contributed by atoms with E-state index in [1.54, 1.807) is 0 Å². The molecule has 2 N–H and O–H groups in total. The molecule has 1 fully saturated rings. The number of benzene rings is 1. The number of hydrogen-bond donors (Lipinski definition) is 1. The Morgan fingerprint density at radius 2 is 1.69 bits per heavy atom. The molecule has 2 heteroatoms. The Hall–Kier alpha value is -0.860. The van der Waals surface area contributed by atoms with Crippen molar-refractivity contribution in [3.63, 3.8) is 0 Å². The first-order chi connectivity index (χ1) is 6.31. The zero-order valence-corrected chi connectivity index (χ0v) is 7.70. The molecule has 1 aliphatic rings. The lowest BCUT2D eigenvalue weighted by Gasteiger charge is -2.33. The molecule has 0 aliphatic carbocycles. The fourth-order valence-electron chi connectivity index (χ4n) is 1.79. The van der Waals surface area contributed by atoms with Gasteiger partial charge in [-0.25, -0.2) is 0 Å². The van der Waals surface area contributed by atoms with E-state index in [0.29, 0.717) is 0 Å². The average Bonchev–Trinajstić information content (AvgIpc) is 2.20. The normalized spacial score (nSPS) is 21.3. The second-order valence-electron chi connectivity index (χ2n) is 3.63. The lowest BCUT2D eigenvalue weighted by molar-refractivity contribution is 0.0522. The number of nitrogens with two attached hydrogens (primary N) is 1. The summed E-state index contributed by atoms with van der Waals surface area (Å²) in [5.74, 6) is 0. The van der Waals surface area contributed by atoms with Gasteiger partial charge in [0.1, 0.15) is 0 Å². The van der Waals surface area contributed by atoms with Crippen LogP contribution in [0.5, 0.6) is 0 Å². The minimum absolute atomic E-state index is 0.153. The number of rotatable bonds is 1. The third kappa shape index (κ3) is 1.74. The van der Waals surface area contributed by atoms with Gasteiger partial charge in [0.25, 0.3) is 0 Å². The Balaban J connectivity index is 2.23. The second-order valence-corrected chi connectivity index (χ2v) is 3.63. The summed E-state index contributed by atoms with van der Waals surface area (Å²) in [4.78, 5) is 0. The molecule has 1 aromatic rings. The molecule has 1 aliphatic heterocycles. The zero-order valence-electron chi connectivity index (χ0n) is 7.70. The maximum absolute atomic E-state index is 6.30. The van der Waals surface area contributed by atoms with Crippen molar-refractivity contribution in [2.24, 2.45) is 5.73 Å². The predicted octanol–water partition coefficient (Wildman–Crippen LogP) is 1.65. The smallest absolute Gasteiger partial charge is 0.0486 e. The van der Waals surface area contributed by atoms with E-state index in [2.05, 4.69) is 12.1 Å². The summed E-state index contributed by atoms with van der Waals surface area (Å²) in [7, 11) is 0. The molecule has 0 unspecified atom stereocenters. The van der Waals surface area contributed by atoms with Crippen LogP contribution in [0, 0.1) is 0 Å². The van der Waals surface area contributed by atoms with Crippen LogP contribution in [0.25, 0.3) is 0 Å². The molecule has 2 rings (SSSR count). The summed E-state index contributed by atoms with van der Waals surface area (Å²) >= 11 is 0. The monoisotopic (exact) mass is 177 g/mol. The maximum Gasteiger partial charge on any atom is 0.0486 e. The summed E-state index contributed by atoms with van der Waals surface area (Å²) in [6, 6.07) is 10.3. The van der Waals surface area contributed by atoms with Crippen LogP contribution in [0.3, 0.4) is 0 Å². The Kier molecular flexibility index (Phi) is 2.34. The van der Waals surface area contributed by atoms with Gasteiger partial charge in [0, 0.05) is 18.8 Å². The highest BCUT2D eigenvalue weighted by molar-refractivity contribution is 5.24. The van der Waals surface area contributed by atoms with Gasteiger partial charge in [0.05, 0.1) is 0 Å². The molecule has 0 aromatic heterocycles. The Labute approximate surface area is 78.7 Å². The van der Waals surface area contributed by atoms with E-state index in [9.17, 15) is 0 Å². The largest absolute Gasteiger partial charge is 0.381 e. The van der Waals surface area contributed by atoms with Gasteiger partial charge in [-0.15, -0.1) is 0 Å². The lowest BCUT2D eigenvalue weighted by Crippen LogP contribution is -2.42. The molecule has 2 nitrogen and oxygen atoms in total. The third-order valence-electron chi connectivity index (χ3n) is 2.73. The molecule has 1 aromatic carbocycles. The van der Waals surface area contributed by atoms with Gasteiger partial charge in [0.2, 0.25) is 0 Å². The van der Waals surface area contributed by atoms with Gasteiger partial charge < -0.3 is 10.5 Å². The van der Waals surface area contributed by atoms with E-state index in [4.69, 9.17) is 10.5 Å². The van der Waals surface area contributed by atoms with Crippen LogP contribution in [0.2, 0.25) is 0 Å². The van der Waals surface area contributed by atoms with Crippen LogP contribution >= 0.6 is 0 Å². The lowest BCUT2D eigenvalue weighted by atomic mass is 9.84. The van der Waals surface area contributed by atoms with Crippen LogP contribution < -0.4 is 5.73 Å². The highest BCUT2D eigenvalue weighted by Gasteiger charge is 2.29. The van der Waals surface area contributed by atoms with Gasteiger partial charge >= 0.3 is 0 Å². The first-order valence-corrected chi connectivity index (χ1v) is 4.73. The van der Waals surface area contributed by atoms with E-state index >= 15 is 0 Å². The molecular formula is C11H15NO. The van der Waals surface area contributed by atoms with E-state index in [0.717, 1.165) is 26.1 Å². The molecule has 0 bridgehead atoms. The summed E-state index contributed by atoms with van der Waals surface area (Å²) in [6.07, 6.45) is 1.86. The second kappa shape index (κ2) is 3.48. The van der Waals surface area contributed by atoms with Crippen LogP contribution in [0.15, 0.2) is 30.3 Å². The van der Waals surface area contributed by atoms with Crippen molar-refractivity contribution in [2.45, 2.75) is 18.4 Å². The number of ether oxygens (including phenoxy) is 1. The van der Waals surface area contributed by atoms with Crippen molar-refractivity contribution in [3.8, 4) is 0 Å². The molecular weight excluding hydrogens is 162 g/mol. The van der Waals surface area contributed by atoms with Gasteiger partial charge in [0.15, 0.2) is 0 Å². The highest BCUT2D eigenvalue weighted by atomic mass is 16.5. The molecule has 0 atom stereocenters. The molecule has 1 saturated heterocycles. The molecule has 0 amide bonds.